The van der Waals surface area contributed by atoms with Crippen molar-refractivity contribution < 1.29 is 0 Å². The molecule has 0 aliphatic carbocycles. The fourth-order valence-electron chi connectivity index (χ4n) is 4.56. The SMILES string of the molecule is CC(C)C1=CCB(Nc2ccccc2)C(C2=CC(C(C)C)=CCB2Nc2ccccc2)=C1. The van der Waals surface area contributed by atoms with E-state index < -0.39 is 0 Å². The maximum atomic E-state index is 3.82. The third-order valence-electron chi connectivity index (χ3n) is 6.47. The van der Waals surface area contributed by atoms with E-state index in [0.29, 0.717) is 11.8 Å². The first-order chi connectivity index (χ1) is 15.5. The van der Waals surface area contributed by atoms with Gasteiger partial charge in [-0.15, -0.1) is 0 Å². The molecule has 2 N–H and O–H groups in total. The van der Waals surface area contributed by atoms with Crippen molar-refractivity contribution in [1.29, 1.82) is 0 Å². The van der Waals surface area contributed by atoms with Crippen molar-refractivity contribution >= 4 is 25.1 Å². The molecule has 32 heavy (non-hydrogen) atoms. The smallest absolute Gasteiger partial charge is 0.289 e. The van der Waals surface area contributed by atoms with E-state index in [9.17, 15) is 0 Å². The van der Waals surface area contributed by atoms with Gasteiger partial charge in [0.25, 0.3) is 13.7 Å². The number of rotatable bonds is 7. The molecule has 0 radical (unpaired) electrons. The zero-order valence-electron chi connectivity index (χ0n) is 19.8. The Bertz CT molecular complexity index is 948. The molecule has 162 valence electrons. The van der Waals surface area contributed by atoms with E-state index in [0.717, 1.165) is 12.6 Å². The van der Waals surface area contributed by atoms with Crippen LogP contribution < -0.4 is 10.5 Å². The molecule has 0 atom stereocenters. The zero-order chi connectivity index (χ0) is 22.5. The van der Waals surface area contributed by atoms with E-state index in [-0.39, 0.29) is 13.7 Å². The van der Waals surface area contributed by atoms with E-state index in [4.69, 9.17) is 0 Å². The largest absolute Gasteiger partial charge is 0.424 e. The second-order valence-electron chi connectivity index (χ2n) is 9.51. The average Bonchev–Trinajstić information content (AvgIpc) is 2.81. The Morgan fingerprint density at radius 3 is 1.31 bits per heavy atom. The monoisotopic (exact) mass is 420 g/mol. The maximum Gasteiger partial charge on any atom is 0.289 e. The lowest BCUT2D eigenvalue weighted by Gasteiger charge is -2.31. The van der Waals surface area contributed by atoms with E-state index >= 15 is 0 Å². The van der Waals surface area contributed by atoms with Gasteiger partial charge in [-0.25, -0.2) is 0 Å². The summed E-state index contributed by atoms with van der Waals surface area (Å²) in [6.07, 6.45) is 11.7. The molecule has 0 bridgehead atoms. The molecule has 0 saturated heterocycles. The minimum atomic E-state index is 0.262. The van der Waals surface area contributed by atoms with Crippen molar-refractivity contribution in [3.05, 3.63) is 107 Å². The van der Waals surface area contributed by atoms with Gasteiger partial charge in [-0.1, -0.05) is 110 Å². The second-order valence-corrected chi connectivity index (χ2v) is 9.51. The van der Waals surface area contributed by atoms with Gasteiger partial charge in [0.15, 0.2) is 0 Å². The van der Waals surface area contributed by atoms with E-state index in [2.05, 4.69) is 123 Å². The molecule has 0 unspecified atom stereocenters. The molecule has 2 aliphatic rings. The normalized spacial score (nSPS) is 16.4. The maximum absolute atomic E-state index is 3.82. The van der Waals surface area contributed by atoms with Gasteiger partial charge in [0.1, 0.15) is 0 Å². The fourth-order valence-corrected chi connectivity index (χ4v) is 4.56. The Kier molecular flexibility index (Phi) is 7.09. The first-order valence-electron chi connectivity index (χ1n) is 12.0. The molecular formula is C28H34B2N2. The van der Waals surface area contributed by atoms with Crippen molar-refractivity contribution in [3.8, 4) is 0 Å². The molecule has 0 aromatic heterocycles. The first kappa shape index (κ1) is 22.3. The summed E-state index contributed by atoms with van der Waals surface area (Å²) in [7, 11) is 0. The van der Waals surface area contributed by atoms with Gasteiger partial charge in [0, 0.05) is 11.4 Å². The number of hydrogen-bond donors (Lipinski definition) is 2. The lowest BCUT2D eigenvalue weighted by molar-refractivity contribution is 0.785. The predicted octanol–water partition coefficient (Wildman–Crippen LogP) is 7.32. The topological polar surface area (TPSA) is 24.1 Å². The van der Waals surface area contributed by atoms with Gasteiger partial charge in [0.2, 0.25) is 0 Å². The summed E-state index contributed by atoms with van der Waals surface area (Å²) in [5, 5.41) is 7.63. The van der Waals surface area contributed by atoms with Crippen LogP contribution in [0.4, 0.5) is 11.4 Å². The summed E-state index contributed by atoms with van der Waals surface area (Å²) >= 11 is 0. The van der Waals surface area contributed by atoms with E-state index in [1.807, 2.05) is 0 Å². The summed E-state index contributed by atoms with van der Waals surface area (Å²) in [5.74, 6) is 1.04. The standard InChI is InChI=1S/C28H34B2N2/c1-21(2)23-15-17-29(31-25-11-7-5-8-12-25)27(19-23)28-20-24(22(3)4)16-18-30(28)32-26-13-9-6-10-14-26/h5-16,19-22,31-32H,17-18H2,1-4H3. The molecule has 4 rings (SSSR count). The molecule has 4 heteroatoms. The Balaban J connectivity index is 1.72. The number of nitrogens with one attached hydrogen (secondary N) is 2. The van der Waals surface area contributed by atoms with Crippen LogP contribution in [0.25, 0.3) is 0 Å². The highest BCUT2D eigenvalue weighted by Crippen LogP contribution is 2.34. The van der Waals surface area contributed by atoms with E-state index in [1.165, 1.54) is 33.5 Å². The molecular weight excluding hydrogens is 386 g/mol. The molecule has 0 spiro atoms. The number of benzene rings is 2. The van der Waals surface area contributed by atoms with Crippen molar-refractivity contribution in [3.63, 3.8) is 0 Å². The van der Waals surface area contributed by atoms with Crippen LogP contribution >= 0.6 is 0 Å². The molecule has 2 aromatic carbocycles. The molecule has 2 aromatic rings. The minimum absolute atomic E-state index is 0.262. The lowest BCUT2D eigenvalue weighted by Crippen LogP contribution is -2.38. The molecule has 0 amide bonds. The van der Waals surface area contributed by atoms with Crippen LogP contribution in [0.5, 0.6) is 0 Å². The lowest BCUT2D eigenvalue weighted by atomic mass is 9.37. The van der Waals surface area contributed by atoms with E-state index in [1.54, 1.807) is 0 Å². The summed E-state index contributed by atoms with van der Waals surface area (Å²) in [5.41, 5.74) is 8.05. The Morgan fingerprint density at radius 1 is 0.594 bits per heavy atom. The molecule has 0 saturated carbocycles. The van der Waals surface area contributed by atoms with Crippen LogP contribution in [0.1, 0.15) is 27.7 Å². The molecule has 2 heterocycles. The van der Waals surface area contributed by atoms with Crippen LogP contribution in [0.2, 0.25) is 12.6 Å². The number of anilines is 2. The number of para-hydroxylation sites is 2. The number of allylic oxidation sites excluding steroid dienone is 8. The fraction of sp³-hybridized carbons (Fsp3) is 0.286. The minimum Gasteiger partial charge on any atom is -0.424 e. The van der Waals surface area contributed by atoms with Gasteiger partial charge in [-0.05, 0) is 48.7 Å². The Morgan fingerprint density at radius 2 is 0.969 bits per heavy atom. The quantitative estimate of drug-likeness (QED) is 0.459. The third kappa shape index (κ3) is 5.30. The van der Waals surface area contributed by atoms with Crippen molar-refractivity contribution in [2.75, 3.05) is 10.5 Å². The predicted molar refractivity (Wildman–Crippen MR) is 143 cm³/mol. The van der Waals surface area contributed by atoms with Crippen LogP contribution in [-0.2, 0) is 0 Å². The van der Waals surface area contributed by atoms with Crippen LogP contribution in [0.15, 0.2) is 107 Å². The zero-order valence-corrected chi connectivity index (χ0v) is 19.8. The van der Waals surface area contributed by atoms with Crippen LogP contribution in [0, 0.1) is 11.8 Å². The third-order valence-corrected chi connectivity index (χ3v) is 6.47. The highest BCUT2D eigenvalue weighted by molar-refractivity contribution is 6.80. The van der Waals surface area contributed by atoms with Gasteiger partial charge >= 0.3 is 0 Å². The summed E-state index contributed by atoms with van der Waals surface area (Å²) in [4.78, 5) is 0. The van der Waals surface area contributed by atoms with Crippen LogP contribution in [0.3, 0.4) is 0 Å². The second kappa shape index (κ2) is 10.2. The summed E-state index contributed by atoms with van der Waals surface area (Å²) in [6.45, 7) is 9.69. The van der Waals surface area contributed by atoms with Gasteiger partial charge < -0.3 is 10.5 Å². The van der Waals surface area contributed by atoms with Crippen LogP contribution in [-0.4, -0.2) is 13.7 Å². The summed E-state index contributed by atoms with van der Waals surface area (Å²) < 4.78 is 0. The molecule has 2 aliphatic heterocycles. The molecule has 2 nitrogen and oxygen atoms in total. The van der Waals surface area contributed by atoms with Gasteiger partial charge in [-0.2, -0.15) is 0 Å². The highest BCUT2D eigenvalue weighted by Gasteiger charge is 2.33. The first-order valence-corrected chi connectivity index (χ1v) is 12.0. The van der Waals surface area contributed by atoms with Crippen molar-refractivity contribution in [1.82, 2.24) is 0 Å². The van der Waals surface area contributed by atoms with Crippen molar-refractivity contribution in [2.24, 2.45) is 11.8 Å². The average molecular weight is 420 g/mol. The molecule has 0 fully saturated rings. The summed E-state index contributed by atoms with van der Waals surface area (Å²) in [6, 6.07) is 21.2. The van der Waals surface area contributed by atoms with Crippen molar-refractivity contribution in [2.45, 2.75) is 40.3 Å². The van der Waals surface area contributed by atoms with Gasteiger partial charge in [0.05, 0.1) is 0 Å². The Hall–Kier alpha value is -2.87. The van der Waals surface area contributed by atoms with Gasteiger partial charge in [-0.3, -0.25) is 0 Å². The number of hydrogen-bond acceptors (Lipinski definition) is 2. The highest BCUT2D eigenvalue weighted by atomic mass is 14.8. The Labute approximate surface area is 194 Å².